The molecule has 0 atom stereocenters. The number of nitrogens with one attached hydrogen (secondary N) is 1. The number of amides is 1. The largest absolute Gasteiger partial charge is 0.325 e. The average Bonchev–Trinajstić information content (AvgIpc) is 2.66. The lowest BCUT2D eigenvalue weighted by molar-refractivity contribution is -0.115. The van der Waals surface area contributed by atoms with Crippen molar-refractivity contribution in [3.63, 3.8) is 0 Å². The van der Waals surface area contributed by atoms with Gasteiger partial charge in [-0.2, -0.15) is 0 Å². The molecular formula is C21H22N4O. The van der Waals surface area contributed by atoms with E-state index in [9.17, 15) is 4.79 Å². The number of aryl methyl sites for hydroxylation is 1. The molecule has 0 aliphatic carbocycles. The first-order chi connectivity index (χ1) is 12.7. The Morgan fingerprint density at radius 2 is 1.69 bits per heavy atom. The Hall–Kier alpha value is -3.21. The molecule has 132 valence electrons. The number of carbonyl (C=O) groups is 1. The van der Waals surface area contributed by atoms with E-state index in [0.29, 0.717) is 12.2 Å². The minimum absolute atomic E-state index is 0.105. The lowest BCUT2D eigenvalue weighted by Crippen LogP contribution is -2.19. The van der Waals surface area contributed by atoms with Gasteiger partial charge in [0, 0.05) is 12.2 Å². The van der Waals surface area contributed by atoms with Gasteiger partial charge in [-0.3, -0.25) is 4.79 Å². The van der Waals surface area contributed by atoms with Crippen molar-refractivity contribution in [3.05, 3.63) is 77.9 Å². The van der Waals surface area contributed by atoms with Gasteiger partial charge >= 0.3 is 0 Å². The average molecular weight is 346 g/mol. The Labute approximate surface area is 153 Å². The minimum atomic E-state index is -0.105. The summed E-state index contributed by atoms with van der Waals surface area (Å²) in [6, 6.07) is 21.6. The van der Waals surface area contributed by atoms with Crippen LogP contribution in [0.1, 0.15) is 18.1 Å². The maximum absolute atomic E-state index is 12.2. The van der Waals surface area contributed by atoms with Crippen molar-refractivity contribution in [2.45, 2.75) is 20.3 Å². The van der Waals surface area contributed by atoms with Gasteiger partial charge in [-0.15, -0.1) is 10.2 Å². The Kier molecular flexibility index (Phi) is 5.59. The minimum Gasteiger partial charge on any atom is -0.325 e. The molecule has 0 unspecified atom stereocenters. The van der Waals surface area contributed by atoms with Gasteiger partial charge in [0.2, 0.25) is 5.91 Å². The SMILES string of the molecule is CCN(c1ccccc1)c1ccc(NC(=O)Cc2ccc(C)cc2)nn1. The first kappa shape index (κ1) is 17.6. The van der Waals surface area contributed by atoms with Crippen LogP contribution < -0.4 is 10.2 Å². The van der Waals surface area contributed by atoms with Crippen LogP contribution in [0, 0.1) is 6.92 Å². The van der Waals surface area contributed by atoms with Gasteiger partial charge in [-0.25, -0.2) is 0 Å². The molecule has 0 aliphatic rings. The highest BCUT2D eigenvalue weighted by Gasteiger charge is 2.10. The summed E-state index contributed by atoms with van der Waals surface area (Å²) in [5.74, 6) is 1.09. The summed E-state index contributed by atoms with van der Waals surface area (Å²) in [5.41, 5.74) is 3.20. The standard InChI is InChI=1S/C21H22N4O/c1-3-25(18-7-5-4-6-8-18)20-14-13-19(23-24-20)22-21(26)15-17-11-9-16(2)10-12-17/h4-14H,3,15H2,1-2H3,(H,22,23,26). The number of hydrogen-bond donors (Lipinski definition) is 1. The summed E-state index contributed by atoms with van der Waals surface area (Å²) in [5, 5.41) is 11.2. The molecule has 3 aromatic rings. The van der Waals surface area contributed by atoms with E-state index in [-0.39, 0.29) is 5.91 Å². The van der Waals surface area contributed by atoms with Crippen molar-refractivity contribution in [2.75, 3.05) is 16.8 Å². The zero-order chi connectivity index (χ0) is 18.4. The number of para-hydroxylation sites is 1. The molecule has 3 rings (SSSR count). The van der Waals surface area contributed by atoms with Crippen LogP contribution >= 0.6 is 0 Å². The lowest BCUT2D eigenvalue weighted by Gasteiger charge is -2.21. The summed E-state index contributed by atoms with van der Waals surface area (Å²) >= 11 is 0. The van der Waals surface area contributed by atoms with Gasteiger partial charge in [-0.1, -0.05) is 48.0 Å². The molecule has 26 heavy (non-hydrogen) atoms. The predicted octanol–water partition coefficient (Wildman–Crippen LogP) is 4.12. The van der Waals surface area contributed by atoms with Crippen LogP contribution in [0.25, 0.3) is 0 Å². The number of anilines is 3. The Morgan fingerprint density at radius 3 is 2.31 bits per heavy atom. The van der Waals surface area contributed by atoms with Crippen molar-refractivity contribution in [1.29, 1.82) is 0 Å². The van der Waals surface area contributed by atoms with E-state index in [4.69, 9.17) is 0 Å². The van der Waals surface area contributed by atoms with Crippen molar-refractivity contribution >= 4 is 23.2 Å². The van der Waals surface area contributed by atoms with Crippen molar-refractivity contribution < 1.29 is 4.79 Å². The topological polar surface area (TPSA) is 58.1 Å². The molecule has 0 saturated heterocycles. The molecule has 1 N–H and O–H groups in total. The van der Waals surface area contributed by atoms with E-state index in [1.54, 1.807) is 6.07 Å². The van der Waals surface area contributed by atoms with Gasteiger partial charge in [0.1, 0.15) is 0 Å². The highest BCUT2D eigenvalue weighted by molar-refractivity contribution is 5.91. The third-order valence-corrected chi connectivity index (χ3v) is 4.06. The molecule has 5 nitrogen and oxygen atoms in total. The molecule has 0 fully saturated rings. The molecule has 0 radical (unpaired) electrons. The first-order valence-electron chi connectivity index (χ1n) is 8.67. The van der Waals surface area contributed by atoms with E-state index in [1.807, 2.05) is 67.6 Å². The summed E-state index contributed by atoms with van der Waals surface area (Å²) in [4.78, 5) is 14.2. The number of carbonyl (C=O) groups excluding carboxylic acids is 1. The summed E-state index contributed by atoms with van der Waals surface area (Å²) in [6.07, 6.45) is 0.314. The molecule has 1 amide bonds. The predicted molar refractivity (Wildman–Crippen MR) is 105 cm³/mol. The van der Waals surface area contributed by atoms with Gasteiger partial charge in [0.25, 0.3) is 0 Å². The van der Waals surface area contributed by atoms with E-state index in [0.717, 1.165) is 23.6 Å². The lowest BCUT2D eigenvalue weighted by atomic mass is 10.1. The zero-order valence-corrected chi connectivity index (χ0v) is 15.0. The van der Waals surface area contributed by atoms with Crippen LogP contribution in [0.4, 0.5) is 17.3 Å². The number of hydrogen-bond acceptors (Lipinski definition) is 4. The highest BCUT2D eigenvalue weighted by atomic mass is 16.1. The van der Waals surface area contributed by atoms with Crippen LogP contribution in [0.5, 0.6) is 0 Å². The van der Waals surface area contributed by atoms with Crippen LogP contribution in [-0.4, -0.2) is 22.6 Å². The number of aromatic nitrogens is 2. The quantitative estimate of drug-likeness (QED) is 0.729. The van der Waals surface area contributed by atoms with Gasteiger partial charge in [-0.05, 0) is 43.7 Å². The third kappa shape index (κ3) is 4.45. The van der Waals surface area contributed by atoms with Gasteiger partial charge in [0.05, 0.1) is 6.42 Å². The van der Waals surface area contributed by atoms with Crippen LogP contribution in [0.2, 0.25) is 0 Å². The van der Waals surface area contributed by atoms with Gasteiger partial charge in [0.15, 0.2) is 11.6 Å². The summed E-state index contributed by atoms with van der Waals surface area (Å²) in [7, 11) is 0. The zero-order valence-electron chi connectivity index (χ0n) is 15.0. The smallest absolute Gasteiger partial charge is 0.229 e. The molecule has 0 bridgehead atoms. The number of nitrogens with zero attached hydrogens (tertiary/aromatic N) is 3. The third-order valence-electron chi connectivity index (χ3n) is 4.06. The Balaban J connectivity index is 1.65. The molecule has 0 aliphatic heterocycles. The van der Waals surface area contributed by atoms with Crippen LogP contribution in [0.3, 0.4) is 0 Å². The summed E-state index contributed by atoms with van der Waals surface area (Å²) in [6.45, 7) is 4.86. The van der Waals surface area contributed by atoms with E-state index in [2.05, 4.69) is 27.3 Å². The van der Waals surface area contributed by atoms with Crippen LogP contribution in [0.15, 0.2) is 66.7 Å². The van der Waals surface area contributed by atoms with Crippen molar-refractivity contribution in [1.82, 2.24) is 10.2 Å². The molecule has 0 spiro atoms. The molecule has 1 heterocycles. The first-order valence-corrected chi connectivity index (χ1v) is 8.67. The second kappa shape index (κ2) is 8.25. The molecule has 0 saturated carbocycles. The number of benzene rings is 2. The second-order valence-corrected chi connectivity index (χ2v) is 6.07. The van der Waals surface area contributed by atoms with Crippen molar-refractivity contribution in [2.24, 2.45) is 0 Å². The maximum atomic E-state index is 12.2. The second-order valence-electron chi connectivity index (χ2n) is 6.07. The van der Waals surface area contributed by atoms with Crippen LogP contribution in [-0.2, 0) is 11.2 Å². The summed E-state index contributed by atoms with van der Waals surface area (Å²) < 4.78 is 0. The highest BCUT2D eigenvalue weighted by Crippen LogP contribution is 2.22. The van der Waals surface area contributed by atoms with Gasteiger partial charge < -0.3 is 10.2 Å². The van der Waals surface area contributed by atoms with E-state index in [1.165, 1.54) is 5.56 Å². The fraction of sp³-hybridized carbons (Fsp3) is 0.190. The Bertz CT molecular complexity index is 845. The fourth-order valence-corrected chi connectivity index (χ4v) is 2.70. The normalized spacial score (nSPS) is 10.4. The molecule has 5 heteroatoms. The van der Waals surface area contributed by atoms with Crippen molar-refractivity contribution in [3.8, 4) is 0 Å². The molecule has 1 aromatic heterocycles. The van der Waals surface area contributed by atoms with E-state index >= 15 is 0 Å². The maximum Gasteiger partial charge on any atom is 0.229 e. The molecule has 2 aromatic carbocycles. The fourth-order valence-electron chi connectivity index (χ4n) is 2.70. The molecular weight excluding hydrogens is 324 g/mol. The van der Waals surface area contributed by atoms with E-state index < -0.39 is 0 Å². The Morgan fingerprint density at radius 1 is 0.962 bits per heavy atom. The number of rotatable bonds is 6. The monoisotopic (exact) mass is 346 g/mol.